The van der Waals surface area contributed by atoms with Crippen LogP contribution in [0.3, 0.4) is 0 Å². The first kappa shape index (κ1) is 17.9. The Labute approximate surface area is 125 Å². The van der Waals surface area contributed by atoms with Gasteiger partial charge in [-0.3, -0.25) is 0 Å². The van der Waals surface area contributed by atoms with Crippen molar-refractivity contribution in [3.05, 3.63) is 29.8 Å². The molecule has 120 valence electrons. The van der Waals surface area contributed by atoms with Gasteiger partial charge in [-0.05, 0) is 43.4 Å². The molecule has 0 fully saturated rings. The molecule has 2 atom stereocenters. The second-order valence-corrected chi connectivity index (χ2v) is 5.66. The molecule has 0 aliphatic carbocycles. The number of alkyl halides is 2. The summed E-state index contributed by atoms with van der Waals surface area (Å²) in [6.07, 6.45) is 1.76. The fourth-order valence-electron chi connectivity index (χ4n) is 2.13. The zero-order valence-electron chi connectivity index (χ0n) is 12.9. The van der Waals surface area contributed by atoms with Gasteiger partial charge in [0.1, 0.15) is 5.75 Å². The van der Waals surface area contributed by atoms with E-state index in [0.29, 0.717) is 5.92 Å². The van der Waals surface area contributed by atoms with Crippen molar-refractivity contribution in [2.45, 2.75) is 52.3 Å². The second-order valence-electron chi connectivity index (χ2n) is 5.66. The van der Waals surface area contributed by atoms with Gasteiger partial charge in [0.05, 0.1) is 6.61 Å². The van der Waals surface area contributed by atoms with E-state index < -0.39 is 6.61 Å². The maximum absolute atomic E-state index is 12.0. The summed E-state index contributed by atoms with van der Waals surface area (Å²) in [4.78, 5) is 0. The maximum atomic E-state index is 12.0. The number of hydrogen-bond donors (Lipinski definition) is 2. The molecule has 0 aromatic heterocycles. The smallest absolute Gasteiger partial charge is 0.387 e. The highest BCUT2D eigenvalue weighted by Gasteiger charge is 2.14. The van der Waals surface area contributed by atoms with Crippen molar-refractivity contribution < 1.29 is 18.6 Å². The third-order valence-corrected chi connectivity index (χ3v) is 3.51. The number of ether oxygens (including phenoxy) is 1. The number of benzene rings is 1. The monoisotopic (exact) mass is 301 g/mol. The Balaban J connectivity index is 2.40. The van der Waals surface area contributed by atoms with Crippen LogP contribution in [0.25, 0.3) is 0 Å². The first-order chi connectivity index (χ1) is 9.92. The van der Waals surface area contributed by atoms with Crippen LogP contribution in [0.4, 0.5) is 8.78 Å². The molecule has 0 amide bonds. The molecular weight excluding hydrogens is 276 g/mol. The molecule has 0 spiro atoms. The Hall–Kier alpha value is -1.20. The highest BCUT2D eigenvalue weighted by Crippen LogP contribution is 2.16. The minimum Gasteiger partial charge on any atom is -0.435 e. The fourth-order valence-corrected chi connectivity index (χ4v) is 2.13. The number of nitrogens with one attached hydrogen (secondary N) is 1. The van der Waals surface area contributed by atoms with E-state index in [1.807, 2.05) is 0 Å². The molecule has 3 nitrogen and oxygen atoms in total. The zero-order chi connectivity index (χ0) is 15.8. The molecule has 1 aromatic rings. The number of aryl methyl sites for hydroxylation is 1. The maximum Gasteiger partial charge on any atom is 0.387 e. The second kappa shape index (κ2) is 8.95. The zero-order valence-corrected chi connectivity index (χ0v) is 12.9. The molecule has 0 saturated heterocycles. The van der Waals surface area contributed by atoms with E-state index in [4.69, 9.17) is 0 Å². The molecule has 5 heteroatoms. The van der Waals surface area contributed by atoms with E-state index in [1.165, 1.54) is 0 Å². The van der Waals surface area contributed by atoms with Gasteiger partial charge in [0.15, 0.2) is 0 Å². The Morgan fingerprint density at radius 2 is 1.76 bits per heavy atom. The van der Waals surface area contributed by atoms with Gasteiger partial charge in [-0.25, -0.2) is 0 Å². The van der Waals surface area contributed by atoms with Crippen molar-refractivity contribution in [1.29, 1.82) is 0 Å². The van der Waals surface area contributed by atoms with Crippen LogP contribution in [-0.4, -0.2) is 30.4 Å². The minimum absolute atomic E-state index is 0.0989. The SMILES string of the molecule is CC(CCc1ccc(OC(F)F)cc1)N[C@H](CO)C(C)C. The number of rotatable bonds is 9. The predicted octanol–water partition coefficient (Wildman–Crippen LogP) is 3.22. The molecule has 0 aliphatic rings. The summed E-state index contributed by atoms with van der Waals surface area (Å²) >= 11 is 0. The Bertz CT molecular complexity index is 396. The summed E-state index contributed by atoms with van der Waals surface area (Å²) in [7, 11) is 0. The van der Waals surface area contributed by atoms with Crippen LogP contribution in [0.5, 0.6) is 5.75 Å². The predicted molar refractivity (Wildman–Crippen MR) is 79.7 cm³/mol. The van der Waals surface area contributed by atoms with E-state index in [1.54, 1.807) is 24.3 Å². The lowest BCUT2D eigenvalue weighted by Crippen LogP contribution is -2.42. The van der Waals surface area contributed by atoms with Crippen molar-refractivity contribution in [3.63, 3.8) is 0 Å². The summed E-state index contributed by atoms with van der Waals surface area (Å²) in [6.45, 7) is 3.57. The van der Waals surface area contributed by atoms with Crippen LogP contribution in [0.15, 0.2) is 24.3 Å². The number of aliphatic hydroxyl groups excluding tert-OH is 1. The number of aliphatic hydroxyl groups is 1. The topological polar surface area (TPSA) is 41.5 Å². The molecule has 0 saturated carbocycles. The Kier molecular flexibility index (Phi) is 7.61. The largest absolute Gasteiger partial charge is 0.435 e. The fraction of sp³-hybridized carbons (Fsp3) is 0.625. The summed E-state index contributed by atoms with van der Waals surface area (Å²) in [5.41, 5.74) is 1.08. The Morgan fingerprint density at radius 1 is 1.14 bits per heavy atom. The lowest BCUT2D eigenvalue weighted by atomic mass is 10.0. The van der Waals surface area contributed by atoms with Crippen LogP contribution in [0.1, 0.15) is 32.8 Å². The van der Waals surface area contributed by atoms with E-state index in [-0.39, 0.29) is 24.4 Å². The summed E-state index contributed by atoms with van der Waals surface area (Å²) < 4.78 is 28.4. The standard InChI is InChI=1S/C16H25F2NO2/c1-11(2)15(10-20)19-12(3)4-5-13-6-8-14(9-7-13)21-16(17)18/h6-9,11-12,15-16,19-20H,4-5,10H2,1-3H3/t12?,15-/m1/s1. The molecule has 1 unspecified atom stereocenters. The molecule has 21 heavy (non-hydrogen) atoms. The van der Waals surface area contributed by atoms with Gasteiger partial charge in [-0.2, -0.15) is 8.78 Å². The van der Waals surface area contributed by atoms with Crippen molar-refractivity contribution in [3.8, 4) is 5.75 Å². The lowest BCUT2D eigenvalue weighted by molar-refractivity contribution is -0.0498. The van der Waals surface area contributed by atoms with Crippen LogP contribution in [-0.2, 0) is 6.42 Å². The van der Waals surface area contributed by atoms with Gasteiger partial charge in [-0.1, -0.05) is 26.0 Å². The Morgan fingerprint density at radius 3 is 2.24 bits per heavy atom. The molecular formula is C16H25F2NO2. The van der Waals surface area contributed by atoms with Crippen LogP contribution >= 0.6 is 0 Å². The van der Waals surface area contributed by atoms with Gasteiger partial charge in [0, 0.05) is 12.1 Å². The first-order valence-corrected chi connectivity index (χ1v) is 7.33. The third-order valence-electron chi connectivity index (χ3n) is 3.51. The molecule has 1 aromatic carbocycles. The molecule has 0 aliphatic heterocycles. The minimum atomic E-state index is -2.79. The van der Waals surface area contributed by atoms with Gasteiger partial charge in [0.25, 0.3) is 0 Å². The lowest BCUT2D eigenvalue weighted by Gasteiger charge is -2.24. The van der Waals surface area contributed by atoms with Gasteiger partial charge < -0.3 is 15.2 Å². The summed E-state index contributed by atoms with van der Waals surface area (Å²) in [6, 6.07) is 7.10. The van der Waals surface area contributed by atoms with Gasteiger partial charge >= 0.3 is 6.61 Å². The van der Waals surface area contributed by atoms with E-state index >= 15 is 0 Å². The van der Waals surface area contributed by atoms with Gasteiger partial charge in [-0.15, -0.1) is 0 Å². The summed E-state index contributed by atoms with van der Waals surface area (Å²) in [5.74, 6) is 0.559. The highest BCUT2D eigenvalue weighted by molar-refractivity contribution is 5.27. The highest BCUT2D eigenvalue weighted by atomic mass is 19.3. The van der Waals surface area contributed by atoms with Crippen molar-refractivity contribution in [2.24, 2.45) is 5.92 Å². The van der Waals surface area contributed by atoms with E-state index in [2.05, 4.69) is 30.8 Å². The number of halogens is 2. The molecule has 1 rings (SSSR count). The van der Waals surface area contributed by atoms with Crippen LogP contribution in [0, 0.1) is 5.92 Å². The average Bonchev–Trinajstić information content (AvgIpc) is 2.43. The number of hydrogen-bond acceptors (Lipinski definition) is 3. The summed E-state index contributed by atoms with van der Waals surface area (Å²) in [5, 5.41) is 12.7. The van der Waals surface area contributed by atoms with Gasteiger partial charge in [0.2, 0.25) is 0 Å². The van der Waals surface area contributed by atoms with E-state index in [0.717, 1.165) is 18.4 Å². The molecule has 2 N–H and O–H groups in total. The third kappa shape index (κ3) is 6.87. The molecule has 0 bridgehead atoms. The molecule has 0 radical (unpaired) electrons. The average molecular weight is 301 g/mol. The van der Waals surface area contributed by atoms with Crippen LogP contribution in [0.2, 0.25) is 0 Å². The van der Waals surface area contributed by atoms with Crippen LogP contribution < -0.4 is 10.1 Å². The van der Waals surface area contributed by atoms with Crippen molar-refractivity contribution in [2.75, 3.05) is 6.61 Å². The normalized spacial score (nSPS) is 14.5. The van der Waals surface area contributed by atoms with Crippen molar-refractivity contribution in [1.82, 2.24) is 5.32 Å². The van der Waals surface area contributed by atoms with Crippen molar-refractivity contribution >= 4 is 0 Å². The quantitative estimate of drug-likeness (QED) is 0.736. The first-order valence-electron chi connectivity index (χ1n) is 7.33. The molecule has 0 heterocycles. The van der Waals surface area contributed by atoms with E-state index in [9.17, 15) is 13.9 Å².